The number of nitrogens with one attached hydrogen (secondary N) is 1. The van der Waals surface area contributed by atoms with Crippen LogP contribution >= 0.6 is 0 Å². The van der Waals surface area contributed by atoms with Gasteiger partial charge in [0.05, 0.1) is 0 Å². The van der Waals surface area contributed by atoms with E-state index >= 15 is 0 Å². The zero-order chi connectivity index (χ0) is 12.7. The Bertz CT molecular complexity index is 180. The minimum absolute atomic E-state index is 0.729. The first-order chi connectivity index (χ1) is 8.11. The van der Waals surface area contributed by atoms with Crippen molar-refractivity contribution in [1.29, 1.82) is 0 Å². The zero-order valence-corrected chi connectivity index (χ0v) is 12.2. The number of likely N-dealkylation sites (tertiary alicyclic amines) is 1. The van der Waals surface area contributed by atoms with Crippen molar-refractivity contribution < 1.29 is 0 Å². The van der Waals surface area contributed by atoms with Gasteiger partial charge in [0.2, 0.25) is 0 Å². The van der Waals surface area contributed by atoms with E-state index in [9.17, 15) is 0 Å². The van der Waals surface area contributed by atoms with Crippen LogP contribution in [0.2, 0.25) is 0 Å². The molecule has 0 radical (unpaired) electrons. The Labute approximate surface area is 108 Å². The van der Waals surface area contributed by atoms with Gasteiger partial charge in [-0.2, -0.15) is 0 Å². The van der Waals surface area contributed by atoms with Gasteiger partial charge in [0.1, 0.15) is 0 Å². The van der Waals surface area contributed by atoms with Crippen molar-refractivity contribution in [3.8, 4) is 0 Å². The van der Waals surface area contributed by atoms with E-state index in [1.807, 2.05) is 0 Å². The van der Waals surface area contributed by atoms with Crippen molar-refractivity contribution in [2.75, 3.05) is 39.3 Å². The molecule has 0 bridgehead atoms. The molecule has 0 aromatic heterocycles. The molecule has 17 heavy (non-hydrogen) atoms. The first-order valence-electron chi connectivity index (χ1n) is 7.30. The molecule has 2 aliphatic heterocycles. The minimum atomic E-state index is 0.729. The highest BCUT2D eigenvalue weighted by Gasteiger charge is 2.13. The molecular weight excluding hydrogens is 210 g/mol. The van der Waals surface area contributed by atoms with E-state index in [0.717, 1.165) is 25.2 Å². The summed E-state index contributed by atoms with van der Waals surface area (Å²) < 4.78 is 0. The quantitative estimate of drug-likeness (QED) is 0.795. The van der Waals surface area contributed by atoms with Crippen molar-refractivity contribution in [1.82, 2.24) is 15.1 Å². The van der Waals surface area contributed by atoms with Crippen molar-refractivity contribution >= 4 is 0 Å². The highest BCUT2D eigenvalue weighted by Crippen LogP contribution is 2.09. The van der Waals surface area contributed by atoms with Crippen LogP contribution in [-0.2, 0) is 0 Å². The SMILES string of the molecule is CC(C)N1CCCC1.CC(C)N1CCNCC1. The third-order valence-corrected chi connectivity index (χ3v) is 3.75. The van der Waals surface area contributed by atoms with Crippen LogP contribution < -0.4 is 5.32 Å². The van der Waals surface area contributed by atoms with E-state index in [2.05, 4.69) is 42.8 Å². The average Bonchev–Trinajstić information content (AvgIpc) is 2.84. The van der Waals surface area contributed by atoms with E-state index in [0.29, 0.717) is 0 Å². The molecule has 2 aliphatic rings. The van der Waals surface area contributed by atoms with Crippen molar-refractivity contribution in [2.45, 2.75) is 52.6 Å². The molecule has 2 heterocycles. The van der Waals surface area contributed by atoms with E-state index in [1.54, 1.807) is 0 Å². The molecule has 2 fully saturated rings. The summed E-state index contributed by atoms with van der Waals surface area (Å²) in [6, 6.07) is 1.50. The van der Waals surface area contributed by atoms with Crippen LogP contribution in [0.3, 0.4) is 0 Å². The number of piperazine rings is 1. The van der Waals surface area contributed by atoms with Gasteiger partial charge in [-0.3, -0.25) is 4.90 Å². The second-order valence-corrected chi connectivity index (χ2v) is 5.72. The lowest BCUT2D eigenvalue weighted by atomic mass is 10.3. The highest BCUT2D eigenvalue weighted by atomic mass is 15.2. The maximum Gasteiger partial charge on any atom is 0.0110 e. The standard InChI is InChI=1S/C7H16N2.C7H15N/c1-7(2)9-5-3-8-4-6-9;1-7(2)8-5-3-4-6-8/h7-8H,3-6H2,1-2H3;7H,3-6H2,1-2H3. The lowest BCUT2D eigenvalue weighted by Gasteiger charge is -2.30. The fourth-order valence-electron chi connectivity index (χ4n) is 2.46. The van der Waals surface area contributed by atoms with Crippen molar-refractivity contribution in [3.63, 3.8) is 0 Å². The van der Waals surface area contributed by atoms with Crippen LogP contribution in [0.1, 0.15) is 40.5 Å². The third kappa shape index (κ3) is 5.84. The molecule has 0 unspecified atom stereocenters. The molecule has 0 spiro atoms. The van der Waals surface area contributed by atoms with Crippen LogP contribution in [0.4, 0.5) is 0 Å². The molecule has 2 rings (SSSR count). The summed E-state index contributed by atoms with van der Waals surface area (Å²) >= 11 is 0. The molecule has 2 saturated heterocycles. The van der Waals surface area contributed by atoms with Gasteiger partial charge in [0.25, 0.3) is 0 Å². The Balaban J connectivity index is 0.000000171. The second kappa shape index (κ2) is 8.06. The monoisotopic (exact) mass is 241 g/mol. The molecule has 0 aromatic carbocycles. The van der Waals surface area contributed by atoms with Crippen molar-refractivity contribution in [3.05, 3.63) is 0 Å². The summed E-state index contributed by atoms with van der Waals surface area (Å²) in [6.07, 6.45) is 2.83. The van der Waals surface area contributed by atoms with Gasteiger partial charge in [-0.1, -0.05) is 0 Å². The first kappa shape index (κ1) is 14.9. The molecule has 3 heteroatoms. The maximum atomic E-state index is 3.33. The molecular formula is C14H31N3. The summed E-state index contributed by atoms with van der Waals surface area (Å²) in [5.41, 5.74) is 0. The second-order valence-electron chi connectivity index (χ2n) is 5.72. The lowest BCUT2D eigenvalue weighted by Crippen LogP contribution is -2.46. The Morgan fingerprint density at radius 3 is 1.41 bits per heavy atom. The van der Waals surface area contributed by atoms with Crippen LogP contribution in [0.25, 0.3) is 0 Å². The highest BCUT2D eigenvalue weighted by molar-refractivity contribution is 4.70. The predicted octanol–water partition coefficient (Wildman–Crippen LogP) is 1.79. The zero-order valence-electron chi connectivity index (χ0n) is 12.2. The van der Waals surface area contributed by atoms with E-state index < -0.39 is 0 Å². The minimum Gasteiger partial charge on any atom is -0.314 e. The third-order valence-electron chi connectivity index (χ3n) is 3.75. The molecule has 0 aromatic rings. The Morgan fingerprint density at radius 2 is 1.12 bits per heavy atom. The number of rotatable bonds is 2. The topological polar surface area (TPSA) is 18.5 Å². The number of hydrogen-bond acceptors (Lipinski definition) is 3. The lowest BCUT2D eigenvalue weighted by molar-refractivity contribution is 0.196. The Hall–Kier alpha value is -0.120. The predicted molar refractivity (Wildman–Crippen MR) is 75.5 cm³/mol. The summed E-state index contributed by atoms with van der Waals surface area (Å²) in [6.45, 7) is 16.5. The normalized spacial score (nSPS) is 22.9. The molecule has 0 saturated carbocycles. The van der Waals surface area contributed by atoms with E-state index in [-0.39, 0.29) is 0 Å². The average molecular weight is 241 g/mol. The molecule has 3 nitrogen and oxygen atoms in total. The van der Waals surface area contributed by atoms with Crippen LogP contribution in [0.15, 0.2) is 0 Å². The van der Waals surface area contributed by atoms with Gasteiger partial charge >= 0.3 is 0 Å². The molecule has 1 N–H and O–H groups in total. The van der Waals surface area contributed by atoms with Crippen molar-refractivity contribution in [2.24, 2.45) is 0 Å². The molecule has 0 aliphatic carbocycles. The Morgan fingerprint density at radius 1 is 0.706 bits per heavy atom. The fourth-order valence-corrected chi connectivity index (χ4v) is 2.46. The van der Waals surface area contributed by atoms with E-state index in [1.165, 1.54) is 39.0 Å². The largest absolute Gasteiger partial charge is 0.314 e. The van der Waals surface area contributed by atoms with Gasteiger partial charge in [-0.25, -0.2) is 0 Å². The summed E-state index contributed by atoms with van der Waals surface area (Å²) in [7, 11) is 0. The molecule has 102 valence electrons. The summed E-state index contributed by atoms with van der Waals surface area (Å²) in [5, 5.41) is 3.33. The van der Waals surface area contributed by atoms with Gasteiger partial charge in [-0.15, -0.1) is 0 Å². The Kier molecular flexibility index (Phi) is 7.09. The van der Waals surface area contributed by atoms with Gasteiger partial charge in [0.15, 0.2) is 0 Å². The summed E-state index contributed by atoms with van der Waals surface area (Å²) in [5.74, 6) is 0. The number of nitrogens with zero attached hydrogens (tertiary/aromatic N) is 2. The maximum absolute atomic E-state index is 3.33. The number of hydrogen-bond donors (Lipinski definition) is 1. The van der Waals surface area contributed by atoms with Crippen LogP contribution in [0.5, 0.6) is 0 Å². The fraction of sp³-hybridized carbons (Fsp3) is 1.00. The van der Waals surface area contributed by atoms with Gasteiger partial charge in [0, 0.05) is 38.3 Å². The smallest absolute Gasteiger partial charge is 0.0110 e. The summed E-state index contributed by atoms with van der Waals surface area (Å²) in [4.78, 5) is 5.02. The van der Waals surface area contributed by atoms with Gasteiger partial charge < -0.3 is 10.2 Å². The van der Waals surface area contributed by atoms with E-state index in [4.69, 9.17) is 0 Å². The first-order valence-corrected chi connectivity index (χ1v) is 7.30. The van der Waals surface area contributed by atoms with Crippen LogP contribution in [0, 0.1) is 0 Å². The molecule has 0 amide bonds. The van der Waals surface area contributed by atoms with Crippen LogP contribution in [-0.4, -0.2) is 61.2 Å². The van der Waals surface area contributed by atoms with Gasteiger partial charge in [-0.05, 0) is 53.6 Å². The molecule has 0 atom stereocenters.